The number of hydrogen-bond donors (Lipinski definition) is 1. The molecule has 2 rings (SSSR count). The lowest BCUT2D eigenvalue weighted by Gasteiger charge is -2.33. The molecule has 19 heavy (non-hydrogen) atoms. The Bertz CT molecular complexity index is 522. The van der Waals surface area contributed by atoms with E-state index in [1.807, 2.05) is 0 Å². The molecule has 1 aromatic heterocycles. The maximum atomic E-state index is 12.4. The van der Waals surface area contributed by atoms with Gasteiger partial charge in [-0.3, -0.25) is 4.79 Å². The molecule has 7 heteroatoms. The molecule has 1 atom stereocenters. The minimum atomic E-state index is -3.64. The zero-order chi connectivity index (χ0) is 13.9. The third-order valence-electron chi connectivity index (χ3n) is 3.32. The number of carboxylic acids is 1. The standard InChI is InChI=1S/C12H17NO5S/c14-11(15)7-6-10-4-1-2-8-13(10)19(16,17)12-5-3-9-18-12/h3,5,9-10H,1-2,4,6-8H2,(H,14,15). The molecule has 6 nitrogen and oxygen atoms in total. The highest BCUT2D eigenvalue weighted by Crippen LogP contribution is 2.27. The molecule has 0 saturated carbocycles. The van der Waals surface area contributed by atoms with Crippen LogP contribution in [0.15, 0.2) is 27.9 Å². The number of sulfonamides is 1. The zero-order valence-electron chi connectivity index (χ0n) is 10.5. The van der Waals surface area contributed by atoms with E-state index in [9.17, 15) is 13.2 Å². The van der Waals surface area contributed by atoms with Crippen LogP contribution in [-0.2, 0) is 14.8 Å². The van der Waals surface area contributed by atoms with Gasteiger partial charge in [0.15, 0.2) is 0 Å². The summed E-state index contributed by atoms with van der Waals surface area (Å²) >= 11 is 0. The van der Waals surface area contributed by atoms with E-state index in [4.69, 9.17) is 9.52 Å². The SMILES string of the molecule is O=C(O)CCC1CCCCN1S(=O)(=O)c1ccco1. The molecule has 1 aliphatic heterocycles. The lowest BCUT2D eigenvalue weighted by Crippen LogP contribution is -2.43. The highest BCUT2D eigenvalue weighted by atomic mass is 32.2. The summed E-state index contributed by atoms with van der Waals surface area (Å²) in [5.74, 6) is -0.902. The maximum absolute atomic E-state index is 12.4. The number of nitrogens with zero attached hydrogens (tertiary/aromatic N) is 1. The van der Waals surface area contributed by atoms with Gasteiger partial charge in [-0.1, -0.05) is 6.42 Å². The predicted molar refractivity (Wildman–Crippen MR) is 67.1 cm³/mol. The first kappa shape index (κ1) is 14.1. The van der Waals surface area contributed by atoms with Crippen LogP contribution >= 0.6 is 0 Å². The minimum absolute atomic E-state index is 0.0190. The van der Waals surface area contributed by atoms with Gasteiger partial charge in [0.1, 0.15) is 0 Å². The van der Waals surface area contributed by atoms with E-state index >= 15 is 0 Å². The number of hydrogen-bond acceptors (Lipinski definition) is 4. The van der Waals surface area contributed by atoms with Crippen LogP contribution in [0, 0.1) is 0 Å². The second-order valence-corrected chi connectivity index (χ2v) is 6.45. The summed E-state index contributed by atoms with van der Waals surface area (Å²) in [6.07, 6.45) is 4.07. The van der Waals surface area contributed by atoms with E-state index in [1.54, 1.807) is 0 Å². The molecule has 1 saturated heterocycles. The summed E-state index contributed by atoms with van der Waals surface area (Å²) in [6, 6.07) is 2.70. The van der Waals surface area contributed by atoms with E-state index in [0.717, 1.165) is 12.8 Å². The van der Waals surface area contributed by atoms with Gasteiger partial charge in [0, 0.05) is 19.0 Å². The summed E-state index contributed by atoms with van der Waals surface area (Å²) in [6.45, 7) is 0.424. The van der Waals surface area contributed by atoms with Gasteiger partial charge >= 0.3 is 5.97 Å². The normalized spacial score (nSPS) is 21.4. The van der Waals surface area contributed by atoms with E-state index in [-0.39, 0.29) is 17.6 Å². The van der Waals surface area contributed by atoms with Crippen LogP contribution < -0.4 is 0 Å². The third kappa shape index (κ3) is 3.16. The molecule has 1 unspecified atom stereocenters. The van der Waals surface area contributed by atoms with Crippen molar-refractivity contribution in [1.82, 2.24) is 4.31 Å². The van der Waals surface area contributed by atoms with Gasteiger partial charge < -0.3 is 9.52 Å². The lowest BCUT2D eigenvalue weighted by molar-refractivity contribution is -0.137. The second kappa shape index (κ2) is 5.75. The van der Waals surface area contributed by atoms with Gasteiger partial charge in [-0.05, 0) is 31.4 Å². The van der Waals surface area contributed by atoms with Crippen molar-refractivity contribution >= 4 is 16.0 Å². The van der Waals surface area contributed by atoms with Crippen molar-refractivity contribution in [1.29, 1.82) is 0 Å². The first-order valence-electron chi connectivity index (χ1n) is 6.29. The Balaban J connectivity index is 2.17. The van der Waals surface area contributed by atoms with E-state index in [1.165, 1.54) is 22.7 Å². The van der Waals surface area contributed by atoms with Crippen molar-refractivity contribution in [2.75, 3.05) is 6.54 Å². The summed E-state index contributed by atoms with van der Waals surface area (Å²) in [7, 11) is -3.64. The number of piperidine rings is 1. The number of carboxylic acid groups (broad SMARTS) is 1. The monoisotopic (exact) mass is 287 g/mol. The molecule has 1 aromatic rings. The Hall–Kier alpha value is -1.34. The first-order valence-corrected chi connectivity index (χ1v) is 7.73. The van der Waals surface area contributed by atoms with Crippen LogP contribution in [0.5, 0.6) is 0 Å². The average Bonchev–Trinajstić information content (AvgIpc) is 2.91. The molecule has 1 fully saturated rings. The van der Waals surface area contributed by atoms with Crippen LogP contribution in [0.3, 0.4) is 0 Å². The predicted octanol–water partition coefficient (Wildman–Crippen LogP) is 1.69. The number of aliphatic carboxylic acids is 1. The molecule has 1 aliphatic rings. The maximum Gasteiger partial charge on any atom is 0.303 e. The van der Waals surface area contributed by atoms with Crippen molar-refractivity contribution in [2.45, 2.75) is 43.2 Å². The van der Waals surface area contributed by atoms with Crippen molar-refractivity contribution in [3.8, 4) is 0 Å². The van der Waals surface area contributed by atoms with E-state index in [2.05, 4.69) is 0 Å². The Labute approximate surface area is 112 Å². The highest BCUT2D eigenvalue weighted by molar-refractivity contribution is 7.89. The van der Waals surface area contributed by atoms with Crippen LogP contribution in [0.25, 0.3) is 0 Å². The zero-order valence-corrected chi connectivity index (χ0v) is 11.3. The van der Waals surface area contributed by atoms with Crippen molar-refractivity contribution in [3.63, 3.8) is 0 Å². The van der Waals surface area contributed by atoms with E-state index < -0.39 is 16.0 Å². The third-order valence-corrected chi connectivity index (χ3v) is 5.16. The Morgan fingerprint density at radius 1 is 1.47 bits per heavy atom. The van der Waals surface area contributed by atoms with Gasteiger partial charge in [-0.2, -0.15) is 4.31 Å². The van der Waals surface area contributed by atoms with E-state index in [0.29, 0.717) is 19.4 Å². The molecule has 0 aromatic carbocycles. The van der Waals surface area contributed by atoms with Gasteiger partial charge in [-0.25, -0.2) is 8.42 Å². The molecule has 0 amide bonds. The number of furan rings is 1. The Morgan fingerprint density at radius 3 is 2.89 bits per heavy atom. The summed E-state index contributed by atoms with van der Waals surface area (Å²) < 4.78 is 31.1. The quantitative estimate of drug-likeness (QED) is 0.890. The van der Waals surface area contributed by atoms with Crippen LogP contribution in [0.2, 0.25) is 0 Å². The topological polar surface area (TPSA) is 87.8 Å². The van der Waals surface area contributed by atoms with Crippen molar-refractivity contribution in [2.24, 2.45) is 0 Å². The first-order chi connectivity index (χ1) is 9.01. The number of rotatable bonds is 5. The Morgan fingerprint density at radius 2 is 2.26 bits per heavy atom. The van der Waals surface area contributed by atoms with Crippen molar-refractivity contribution in [3.05, 3.63) is 18.4 Å². The van der Waals surface area contributed by atoms with Crippen LogP contribution in [0.4, 0.5) is 0 Å². The van der Waals surface area contributed by atoms with Gasteiger partial charge in [0.25, 0.3) is 10.0 Å². The molecular formula is C12H17NO5S. The fourth-order valence-electron chi connectivity index (χ4n) is 2.39. The fourth-order valence-corrected chi connectivity index (χ4v) is 4.03. The molecule has 106 valence electrons. The van der Waals surface area contributed by atoms with Gasteiger partial charge in [0.2, 0.25) is 5.09 Å². The van der Waals surface area contributed by atoms with Crippen molar-refractivity contribution < 1.29 is 22.7 Å². The lowest BCUT2D eigenvalue weighted by atomic mass is 10.0. The summed E-state index contributed by atoms with van der Waals surface area (Å²) in [5, 5.41) is 8.66. The molecule has 0 aliphatic carbocycles. The number of carbonyl (C=O) groups is 1. The smallest absolute Gasteiger partial charge is 0.303 e. The van der Waals surface area contributed by atoms with Gasteiger partial charge in [0.05, 0.1) is 6.26 Å². The molecule has 0 bridgehead atoms. The fraction of sp³-hybridized carbons (Fsp3) is 0.583. The highest BCUT2D eigenvalue weighted by Gasteiger charge is 2.35. The molecule has 1 N–H and O–H groups in total. The molecule has 2 heterocycles. The average molecular weight is 287 g/mol. The van der Waals surface area contributed by atoms with Crippen LogP contribution in [-0.4, -0.2) is 36.4 Å². The Kier molecular flexibility index (Phi) is 4.26. The summed E-state index contributed by atoms with van der Waals surface area (Å²) in [5.41, 5.74) is 0. The molecule has 0 spiro atoms. The molecule has 0 radical (unpaired) electrons. The summed E-state index contributed by atoms with van der Waals surface area (Å²) in [4.78, 5) is 10.6. The molecular weight excluding hydrogens is 270 g/mol. The van der Waals surface area contributed by atoms with Gasteiger partial charge in [-0.15, -0.1) is 0 Å². The minimum Gasteiger partial charge on any atom is -0.481 e. The largest absolute Gasteiger partial charge is 0.481 e. The second-order valence-electron chi connectivity index (χ2n) is 4.63. The van der Waals surface area contributed by atoms with Crippen LogP contribution in [0.1, 0.15) is 32.1 Å².